The van der Waals surface area contributed by atoms with E-state index < -0.39 is 0 Å². The van der Waals surface area contributed by atoms with Crippen LogP contribution in [0, 0.1) is 0 Å². The molecule has 0 radical (unpaired) electrons. The van der Waals surface area contributed by atoms with Gasteiger partial charge in [-0.3, -0.25) is 0 Å². The van der Waals surface area contributed by atoms with Crippen molar-refractivity contribution in [3.63, 3.8) is 0 Å². The number of ether oxygens (including phenoxy) is 1. The minimum absolute atomic E-state index is 0.0312. The Morgan fingerprint density at radius 3 is 2.57 bits per heavy atom. The quantitative estimate of drug-likeness (QED) is 0.800. The fraction of sp³-hybridized carbons (Fsp3) is 0.364. The van der Waals surface area contributed by atoms with Crippen molar-refractivity contribution in [3.05, 3.63) is 35.9 Å². The number of alkyl carbamates (subject to hydrolysis) is 1. The molecule has 1 N–H and O–H groups in total. The van der Waals surface area contributed by atoms with Crippen LogP contribution in [-0.2, 0) is 4.74 Å². The van der Waals surface area contributed by atoms with Crippen LogP contribution in [0.15, 0.2) is 30.3 Å². The van der Waals surface area contributed by atoms with Crippen LogP contribution in [0.1, 0.15) is 24.9 Å². The molecule has 1 atom stereocenters. The molecule has 3 nitrogen and oxygen atoms in total. The summed E-state index contributed by atoms with van der Waals surface area (Å²) < 4.78 is 4.55. The van der Waals surface area contributed by atoms with Crippen LogP contribution in [0.4, 0.5) is 4.79 Å². The van der Waals surface area contributed by atoms with Crippen LogP contribution < -0.4 is 5.32 Å². The van der Waals surface area contributed by atoms with Gasteiger partial charge in [0.15, 0.2) is 0 Å². The molecule has 3 heteroatoms. The smallest absolute Gasteiger partial charge is 0.407 e. The molecular formula is C11H15NO2. The lowest BCUT2D eigenvalue weighted by Crippen LogP contribution is -2.27. The summed E-state index contributed by atoms with van der Waals surface area (Å²) in [5.74, 6) is 0. The van der Waals surface area contributed by atoms with Gasteiger partial charge in [0.1, 0.15) is 0 Å². The van der Waals surface area contributed by atoms with E-state index in [4.69, 9.17) is 0 Å². The molecule has 0 fully saturated rings. The van der Waals surface area contributed by atoms with Gasteiger partial charge in [-0.25, -0.2) is 4.79 Å². The number of benzene rings is 1. The number of carbonyl (C=O) groups is 1. The molecule has 1 aromatic rings. The Balaban J connectivity index is 2.68. The minimum atomic E-state index is -0.388. The summed E-state index contributed by atoms with van der Waals surface area (Å²) in [7, 11) is 1.37. The van der Waals surface area contributed by atoms with E-state index in [1.165, 1.54) is 7.11 Å². The zero-order valence-corrected chi connectivity index (χ0v) is 8.49. The van der Waals surface area contributed by atoms with Gasteiger partial charge in [0.25, 0.3) is 0 Å². The molecule has 0 heterocycles. The largest absolute Gasteiger partial charge is 0.453 e. The Hall–Kier alpha value is -1.51. The van der Waals surface area contributed by atoms with Crippen molar-refractivity contribution in [2.45, 2.75) is 19.4 Å². The molecule has 1 rings (SSSR count). The normalized spacial score (nSPS) is 11.9. The highest BCUT2D eigenvalue weighted by molar-refractivity contribution is 5.67. The standard InChI is InChI=1S/C11H15NO2/c1-3-10(12-11(13)14-2)9-7-5-4-6-8-9/h4-8,10H,3H2,1-2H3,(H,12,13). The third-order valence-corrected chi connectivity index (χ3v) is 2.09. The molecule has 0 saturated carbocycles. The lowest BCUT2D eigenvalue weighted by atomic mass is 10.1. The molecular weight excluding hydrogens is 178 g/mol. The molecule has 0 aliphatic heterocycles. The van der Waals surface area contributed by atoms with E-state index in [2.05, 4.69) is 10.1 Å². The van der Waals surface area contributed by atoms with E-state index in [-0.39, 0.29) is 12.1 Å². The number of carbonyl (C=O) groups excluding carboxylic acids is 1. The maximum absolute atomic E-state index is 11.0. The first-order chi connectivity index (χ1) is 6.77. The van der Waals surface area contributed by atoms with E-state index in [1.807, 2.05) is 37.3 Å². The fourth-order valence-corrected chi connectivity index (χ4v) is 1.31. The summed E-state index contributed by atoms with van der Waals surface area (Å²) in [6.45, 7) is 2.02. The second-order valence-electron chi connectivity index (χ2n) is 3.01. The van der Waals surface area contributed by atoms with E-state index in [1.54, 1.807) is 0 Å². The second-order valence-corrected chi connectivity index (χ2v) is 3.01. The predicted octanol–water partition coefficient (Wildman–Crippen LogP) is 2.49. The van der Waals surface area contributed by atoms with Crippen molar-refractivity contribution in [1.29, 1.82) is 0 Å². The average molecular weight is 193 g/mol. The Labute approximate surface area is 84.1 Å². The molecule has 0 aromatic heterocycles. The van der Waals surface area contributed by atoms with Crippen molar-refractivity contribution >= 4 is 6.09 Å². The van der Waals surface area contributed by atoms with E-state index in [0.717, 1.165) is 12.0 Å². The summed E-state index contributed by atoms with van der Waals surface area (Å²) in [4.78, 5) is 11.0. The SMILES string of the molecule is CCC(NC(=O)OC)c1ccccc1. The average Bonchev–Trinajstić information content (AvgIpc) is 2.26. The van der Waals surface area contributed by atoms with Gasteiger partial charge in [-0.2, -0.15) is 0 Å². The molecule has 1 aromatic carbocycles. The molecule has 1 unspecified atom stereocenters. The Bertz CT molecular complexity index is 285. The molecule has 0 saturated heterocycles. The van der Waals surface area contributed by atoms with Crippen LogP contribution in [0.25, 0.3) is 0 Å². The van der Waals surface area contributed by atoms with Crippen molar-refractivity contribution in [2.24, 2.45) is 0 Å². The van der Waals surface area contributed by atoms with Gasteiger partial charge in [0.05, 0.1) is 13.2 Å². The van der Waals surface area contributed by atoms with Crippen molar-refractivity contribution < 1.29 is 9.53 Å². The first-order valence-corrected chi connectivity index (χ1v) is 4.67. The highest BCUT2D eigenvalue weighted by Crippen LogP contribution is 2.15. The topological polar surface area (TPSA) is 38.3 Å². The minimum Gasteiger partial charge on any atom is -0.453 e. The van der Waals surface area contributed by atoms with Crippen LogP contribution in [-0.4, -0.2) is 13.2 Å². The van der Waals surface area contributed by atoms with E-state index in [0.29, 0.717) is 0 Å². The third kappa shape index (κ3) is 2.76. The summed E-state index contributed by atoms with van der Waals surface area (Å²) >= 11 is 0. The monoisotopic (exact) mass is 193 g/mol. The Morgan fingerprint density at radius 1 is 1.43 bits per heavy atom. The summed E-state index contributed by atoms with van der Waals surface area (Å²) in [6, 6.07) is 9.87. The number of hydrogen-bond donors (Lipinski definition) is 1. The van der Waals surface area contributed by atoms with Gasteiger partial charge < -0.3 is 10.1 Å². The van der Waals surface area contributed by atoms with Crippen LogP contribution in [0.2, 0.25) is 0 Å². The van der Waals surface area contributed by atoms with Crippen LogP contribution in [0.5, 0.6) is 0 Å². The third-order valence-electron chi connectivity index (χ3n) is 2.09. The fourth-order valence-electron chi connectivity index (χ4n) is 1.31. The van der Waals surface area contributed by atoms with Gasteiger partial charge in [-0.05, 0) is 12.0 Å². The molecule has 0 bridgehead atoms. The number of nitrogens with one attached hydrogen (secondary N) is 1. The maximum Gasteiger partial charge on any atom is 0.407 e. The Kier molecular flexibility index (Phi) is 3.98. The van der Waals surface area contributed by atoms with Crippen molar-refractivity contribution in [3.8, 4) is 0 Å². The van der Waals surface area contributed by atoms with Gasteiger partial charge in [0, 0.05) is 0 Å². The summed E-state index contributed by atoms with van der Waals surface area (Å²) in [5, 5.41) is 2.77. The number of methoxy groups -OCH3 is 1. The Morgan fingerprint density at radius 2 is 2.07 bits per heavy atom. The lowest BCUT2D eigenvalue weighted by Gasteiger charge is -2.16. The zero-order chi connectivity index (χ0) is 10.4. The molecule has 0 aliphatic rings. The first kappa shape index (κ1) is 10.6. The molecule has 0 spiro atoms. The first-order valence-electron chi connectivity index (χ1n) is 4.67. The van der Waals surface area contributed by atoms with Gasteiger partial charge in [-0.15, -0.1) is 0 Å². The maximum atomic E-state index is 11.0. The highest BCUT2D eigenvalue weighted by atomic mass is 16.5. The molecule has 14 heavy (non-hydrogen) atoms. The van der Waals surface area contributed by atoms with E-state index in [9.17, 15) is 4.79 Å². The highest BCUT2D eigenvalue weighted by Gasteiger charge is 2.11. The molecule has 76 valence electrons. The molecule has 1 amide bonds. The van der Waals surface area contributed by atoms with E-state index >= 15 is 0 Å². The van der Waals surface area contributed by atoms with Gasteiger partial charge in [0.2, 0.25) is 0 Å². The van der Waals surface area contributed by atoms with Gasteiger partial charge in [-0.1, -0.05) is 37.3 Å². The van der Waals surface area contributed by atoms with Crippen molar-refractivity contribution in [1.82, 2.24) is 5.32 Å². The molecule has 0 aliphatic carbocycles. The summed E-state index contributed by atoms with van der Waals surface area (Å²) in [6.07, 6.45) is 0.458. The lowest BCUT2D eigenvalue weighted by molar-refractivity contribution is 0.166. The van der Waals surface area contributed by atoms with Crippen LogP contribution >= 0.6 is 0 Å². The van der Waals surface area contributed by atoms with Crippen LogP contribution in [0.3, 0.4) is 0 Å². The predicted molar refractivity (Wildman–Crippen MR) is 55.0 cm³/mol. The van der Waals surface area contributed by atoms with Gasteiger partial charge >= 0.3 is 6.09 Å². The number of rotatable bonds is 3. The summed E-state index contributed by atoms with van der Waals surface area (Å²) in [5.41, 5.74) is 1.10. The second kappa shape index (κ2) is 5.27. The van der Waals surface area contributed by atoms with Crippen molar-refractivity contribution in [2.75, 3.05) is 7.11 Å². The number of amides is 1. The zero-order valence-electron chi connectivity index (χ0n) is 8.49. The number of hydrogen-bond acceptors (Lipinski definition) is 2.